The molecule has 1 aliphatic heterocycles. The second-order valence-corrected chi connectivity index (χ2v) is 5.68. The molecule has 0 radical (unpaired) electrons. The molecule has 0 atom stereocenters. The minimum atomic E-state index is -0.893. The number of carbonyl (C=O) groups is 1. The normalized spacial score (nSPS) is 15.3. The van der Waals surface area contributed by atoms with E-state index < -0.39 is 5.97 Å². The highest BCUT2D eigenvalue weighted by Gasteiger charge is 2.18. The Morgan fingerprint density at radius 1 is 1.17 bits per heavy atom. The second-order valence-electron chi connectivity index (χ2n) is 5.68. The lowest BCUT2D eigenvalue weighted by Gasteiger charge is -2.35. The lowest BCUT2D eigenvalue weighted by atomic mass is 10.1. The van der Waals surface area contributed by atoms with Crippen LogP contribution in [0.3, 0.4) is 0 Å². The molecule has 24 heavy (non-hydrogen) atoms. The minimum absolute atomic E-state index is 0.321. The summed E-state index contributed by atoms with van der Waals surface area (Å²) in [5.74, 6) is 0.559. The Morgan fingerprint density at radius 2 is 1.88 bits per heavy atom. The predicted molar refractivity (Wildman–Crippen MR) is 89.5 cm³/mol. The van der Waals surface area contributed by atoms with Gasteiger partial charge in [-0.3, -0.25) is 4.90 Å². The quantitative estimate of drug-likeness (QED) is 0.891. The lowest BCUT2D eigenvalue weighted by molar-refractivity contribution is 0.0697. The number of aromatic nitrogens is 2. The highest BCUT2D eigenvalue weighted by molar-refractivity contribution is 5.87. The van der Waals surface area contributed by atoms with Crippen LogP contribution in [0.25, 0.3) is 0 Å². The summed E-state index contributed by atoms with van der Waals surface area (Å²) >= 11 is 0. The molecule has 1 aromatic heterocycles. The molecular formula is C17H20N4O3. The molecule has 2 heterocycles. The topological polar surface area (TPSA) is 78.8 Å². The number of aromatic carboxylic acids is 1. The molecule has 7 nitrogen and oxygen atoms in total. The third kappa shape index (κ3) is 3.80. The van der Waals surface area contributed by atoms with Gasteiger partial charge >= 0.3 is 5.97 Å². The highest BCUT2D eigenvalue weighted by atomic mass is 16.5. The van der Waals surface area contributed by atoms with E-state index in [1.807, 2.05) is 18.2 Å². The predicted octanol–water partition coefficient (Wildman–Crippen LogP) is 1.51. The fourth-order valence-electron chi connectivity index (χ4n) is 2.76. The number of hydrogen-bond acceptors (Lipinski definition) is 6. The summed E-state index contributed by atoms with van der Waals surface area (Å²) in [5, 5.41) is 8.94. The standard InChI is InChI=1S/C17H20N4O3/c1-24-16-10-15(18-12-19-16)21-8-6-20(7-9-21)11-13-2-4-14(5-3-13)17(22)23/h2-5,10,12H,6-9,11H2,1H3,(H,22,23). The van der Waals surface area contributed by atoms with Crippen LogP contribution in [0, 0.1) is 0 Å². The largest absolute Gasteiger partial charge is 0.481 e. The molecule has 0 unspecified atom stereocenters. The summed E-state index contributed by atoms with van der Waals surface area (Å²) in [4.78, 5) is 23.8. The summed E-state index contributed by atoms with van der Waals surface area (Å²) < 4.78 is 5.14. The van der Waals surface area contributed by atoms with Gasteiger partial charge in [-0.1, -0.05) is 12.1 Å². The zero-order valence-electron chi connectivity index (χ0n) is 13.6. The van der Waals surface area contributed by atoms with E-state index in [0.717, 1.165) is 44.1 Å². The first-order valence-electron chi connectivity index (χ1n) is 7.81. The van der Waals surface area contributed by atoms with Crippen LogP contribution >= 0.6 is 0 Å². The van der Waals surface area contributed by atoms with Gasteiger partial charge in [-0.05, 0) is 17.7 Å². The number of carboxylic acids is 1. The fraction of sp³-hybridized carbons (Fsp3) is 0.353. The maximum absolute atomic E-state index is 10.9. The van der Waals surface area contributed by atoms with Crippen LogP contribution < -0.4 is 9.64 Å². The Labute approximate surface area is 140 Å². The lowest BCUT2D eigenvalue weighted by Crippen LogP contribution is -2.46. The van der Waals surface area contributed by atoms with Crippen LogP contribution in [0.5, 0.6) is 5.88 Å². The number of ether oxygens (including phenoxy) is 1. The van der Waals surface area contributed by atoms with Gasteiger partial charge in [0.15, 0.2) is 0 Å². The first-order valence-corrected chi connectivity index (χ1v) is 7.81. The smallest absolute Gasteiger partial charge is 0.335 e. The van der Waals surface area contributed by atoms with Gasteiger partial charge in [0, 0.05) is 38.8 Å². The number of methoxy groups -OCH3 is 1. The number of nitrogens with zero attached hydrogens (tertiary/aromatic N) is 4. The Morgan fingerprint density at radius 3 is 2.50 bits per heavy atom. The highest BCUT2D eigenvalue weighted by Crippen LogP contribution is 2.18. The number of hydrogen-bond donors (Lipinski definition) is 1. The summed E-state index contributed by atoms with van der Waals surface area (Å²) in [6, 6.07) is 8.92. The van der Waals surface area contributed by atoms with Crippen molar-refractivity contribution < 1.29 is 14.6 Å². The van der Waals surface area contributed by atoms with Gasteiger partial charge in [-0.15, -0.1) is 0 Å². The van der Waals surface area contributed by atoms with Gasteiger partial charge in [0.2, 0.25) is 5.88 Å². The molecule has 0 spiro atoms. The molecule has 1 aliphatic rings. The number of anilines is 1. The van der Waals surface area contributed by atoms with Crippen LogP contribution in [-0.4, -0.2) is 59.2 Å². The minimum Gasteiger partial charge on any atom is -0.481 e. The van der Waals surface area contributed by atoms with Crippen LogP contribution in [0.4, 0.5) is 5.82 Å². The van der Waals surface area contributed by atoms with Crippen molar-refractivity contribution in [3.05, 3.63) is 47.8 Å². The van der Waals surface area contributed by atoms with Crippen molar-refractivity contribution in [3.8, 4) is 5.88 Å². The van der Waals surface area contributed by atoms with Crippen molar-refractivity contribution in [1.29, 1.82) is 0 Å². The average molecular weight is 328 g/mol. The zero-order chi connectivity index (χ0) is 16.9. The Bertz CT molecular complexity index is 697. The third-order valence-corrected chi connectivity index (χ3v) is 4.14. The van der Waals surface area contributed by atoms with Crippen molar-refractivity contribution in [3.63, 3.8) is 0 Å². The van der Waals surface area contributed by atoms with Gasteiger partial charge in [-0.25, -0.2) is 14.8 Å². The molecule has 1 saturated heterocycles. The van der Waals surface area contributed by atoms with Crippen LogP contribution in [0.2, 0.25) is 0 Å². The molecule has 3 rings (SSSR count). The molecule has 0 aliphatic carbocycles. The van der Waals surface area contributed by atoms with Gasteiger partial charge in [0.1, 0.15) is 12.1 Å². The molecule has 0 saturated carbocycles. The van der Waals surface area contributed by atoms with Crippen LogP contribution in [-0.2, 0) is 6.54 Å². The van der Waals surface area contributed by atoms with E-state index in [1.165, 1.54) is 6.33 Å². The second kappa shape index (κ2) is 7.27. The van der Waals surface area contributed by atoms with E-state index in [-0.39, 0.29) is 0 Å². The molecule has 2 aromatic rings. The molecule has 1 N–H and O–H groups in total. The molecule has 0 amide bonds. The summed E-state index contributed by atoms with van der Waals surface area (Å²) in [6.45, 7) is 4.43. The van der Waals surface area contributed by atoms with Crippen molar-refractivity contribution in [2.45, 2.75) is 6.54 Å². The number of rotatable bonds is 5. The third-order valence-electron chi connectivity index (χ3n) is 4.14. The van der Waals surface area contributed by atoms with Crippen LogP contribution in [0.1, 0.15) is 15.9 Å². The summed E-state index contributed by atoms with van der Waals surface area (Å²) in [6.07, 6.45) is 1.52. The Hall–Kier alpha value is -2.67. The monoisotopic (exact) mass is 328 g/mol. The Balaban J connectivity index is 1.55. The molecule has 126 valence electrons. The van der Waals surface area contributed by atoms with Gasteiger partial charge < -0.3 is 14.7 Å². The van der Waals surface area contributed by atoms with Crippen molar-refractivity contribution >= 4 is 11.8 Å². The average Bonchev–Trinajstić information content (AvgIpc) is 2.63. The van der Waals surface area contributed by atoms with Gasteiger partial charge in [0.25, 0.3) is 0 Å². The Kier molecular flexibility index (Phi) is 4.90. The van der Waals surface area contributed by atoms with E-state index in [0.29, 0.717) is 11.4 Å². The van der Waals surface area contributed by atoms with Crippen molar-refractivity contribution in [2.24, 2.45) is 0 Å². The molecular weight excluding hydrogens is 308 g/mol. The van der Waals surface area contributed by atoms with Crippen molar-refractivity contribution in [1.82, 2.24) is 14.9 Å². The van der Waals surface area contributed by atoms with Gasteiger partial charge in [-0.2, -0.15) is 0 Å². The SMILES string of the molecule is COc1cc(N2CCN(Cc3ccc(C(=O)O)cc3)CC2)ncn1. The van der Waals surface area contributed by atoms with E-state index in [1.54, 1.807) is 19.2 Å². The first-order chi connectivity index (χ1) is 11.7. The number of carboxylic acid groups (broad SMARTS) is 1. The van der Waals surface area contributed by atoms with Gasteiger partial charge in [0.05, 0.1) is 12.7 Å². The first kappa shape index (κ1) is 16.2. The fourth-order valence-corrected chi connectivity index (χ4v) is 2.76. The van der Waals surface area contributed by atoms with Crippen molar-refractivity contribution in [2.75, 3.05) is 38.2 Å². The zero-order valence-corrected chi connectivity index (χ0v) is 13.6. The van der Waals surface area contributed by atoms with E-state index in [9.17, 15) is 4.79 Å². The maximum Gasteiger partial charge on any atom is 0.335 e. The van der Waals surface area contributed by atoms with E-state index in [4.69, 9.17) is 9.84 Å². The number of piperazine rings is 1. The molecule has 1 aromatic carbocycles. The molecule has 1 fully saturated rings. The number of benzene rings is 1. The molecule has 0 bridgehead atoms. The van der Waals surface area contributed by atoms with E-state index in [2.05, 4.69) is 19.8 Å². The van der Waals surface area contributed by atoms with Crippen LogP contribution in [0.15, 0.2) is 36.7 Å². The van der Waals surface area contributed by atoms with E-state index >= 15 is 0 Å². The summed E-state index contributed by atoms with van der Waals surface area (Å²) in [5.41, 5.74) is 1.44. The summed E-state index contributed by atoms with van der Waals surface area (Å²) in [7, 11) is 1.60. The maximum atomic E-state index is 10.9. The molecule has 7 heteroatoms.